The van der Waals surface area contributed by atoms with E-state index in [0.717, 1.165) is 5.69 Å². The van der Waals surface area contributed by atoms with Crippen LogP contribution in [0.25, 0.3) is 0 Å². The van der Waals surface area contributed by atoms with Gasteiger partial charge in [-0.1, -0.05) is 121 Å². The molecule has 5 rings (SSSR count). The van der Waals surface area contributed by atoms with Crippen LogP contribution < -0.4 is 4.90 Å². The Labute approximate surface area is 196 Å². The Balaban J connectivity index is 1.79. The summed E-state index contributed by atoms with van der Waals surface area (Å²) < 4.78 is 0. The minimum absolute atomic E-state index is 0.433. The maximum atomic E-state index is 2.33. The lowest BCUT2D eigenvalue weighted by Gasteiger charge is -2.37. The molecule has 0 fully saturated rings. The first-order valence-electron chi connectivity index (χ1n) is 11.4. The van der Waals surface area contributed by atoms with Crippen LogP contribution in [-0.2, 0) is 5.41 Å². The molecule has 1 nitrogen and oxygen atoms in total. The summed E-state index contributed by atoms with van der Waals surface area (Å²) in [6, 6.07) is 52.0. The Morgan fingerprint density at radius 1 is 0.394 bits per heavy atom. The van der Waals surface area contributed by atoms with Crippen LogP contribution in [0.3, 0.4) is 0 Å². The summed E-state index contributed by atoms with van der Waals surface area (Å²) in [5.74, 6) is 0. The van der Waals surface area contributed by atoms with Gasteiger partial charge in [0.25, 0.3) is 0 Å². The van der Waals surface area contributed by atoms with E-state index in [1.54, 1.807) is 0 Å². The zero-order chi connectivity index (χ0) is 22.5. The molecule has 0 aliphatic carbocycles. The number of hydrogen-bond donors (Lipinski definition) is 0. The second-order valence-electron chi connectivity index (χ2n) is 8.29. The van der Waals surface area contributed by atoms with E-state index in [1.165, 1.54) is 27.9 Å². The highest BCUT2D eigenvalue weighted by molar-refractivity contribution is 5.67. The molecule has 0 amide bonds. The summed E-state index contributed by atoms with van der Waals surface area (Å²) in [7, 11) is 2.13. The molecule has 5 aromatic rings. The molecule has 0 radical (unpaired) electrons. The van der Waals surface area contributed by atoms with E-state index < -0.39 is 5.41 Å². The van der Waals surface area contributed by atoms with Crippen molar-refractivity contribution in [1.29, 1.82) is 0 Å². The van der Waals surface area contributed by atoms with Gasteiger partial charge in [-0.05, 0) is 46.5 Å². The molecule has 0 saturated heterocycles. The van der Waals surface area contributed by atoms with Crippen molar-refractivity contribution >= 4 is 11.4 Å². The Morgan fingerprint density at radius 3 is 1.21 bits per heavy atom. The Kier molecular flexibility index (Phi) is 5.78. The van der Waals surface area contributed by atoms with Crippen molar-refractivity contribution in [1.82, 2.24) is 0 Å². The van der Waals surface area contributed by atoms with Gasteiger partial charge in [-0.2, -0.15) is 0 Å². The summed E-state index contributed by atoms with van der Waals surface area (Å²) in [5, 5.41) is 0. The predicted molar refractivity (Wildman–Crippen MR) is 139 cm³/mol. The summed E-state index contributed by atoms with van der Waals surface area (Å²) >= 11 is 0. The number of nitrogens with zero attached hydrogens (tertiary/aromatic N) is 1. The van der Waals surface area contributed by atoms with E-state index in [1.807, 2.05) is 0 Å². The van der Waals surface area contributed by atoms with Gasteiger partial charge in [0, 0.05) is 18.4 Å². The minimum Gasteiger partial charge on any atom is -0.345 e. The third kappa shape index (κ3) is 3.83. The van der Waals surface area contributed by atoms with E-state index in [2.05, 4.69) is 158 Å². The number of para-hydroxylation sites is 1. The van der Waals surface area contributed by atoms with Crippen molar-refractivity contribution in [3.05, 3.63) is 168 Å². The van der Waals surface area contributed by atoms with Crippen molar-refractivity contribution < 1.29 is 0 Å². The van der Waals surface area contributed by atoms with Crippen LogP contribution in [0, 0.1) is 0 Å². The molecule has 1 heteroatoms. The zero-order valence-electron chi connectivity index (χ0n) is 18.8. The van der Waals surface area contributed by atoms with Gasteiger partial charge in [0.1, 0.15) is 0 Å². The molecule has 0 unspecified atom stereocenters. The molecular weight excluding hydrogens is 398 g/mol. The molecule has 0 bridgehead atoms. The highest BCUT2D eigenvalue weighted by Crippen LogP contribution is 2.46. The van der Waals surface area contributed by atoms with Crippen molar-refractivity contribution in [2.45, 2.75) is 5.41 Å². The number of benzene rings is 5. The topological polar surface area (TPSA) is 3.24 Å². The van der Waals surface area contributed by atoms with Crippen molar-refractivity contribution in [3.8, 4) is 0 Å². The third-order valence-electron chi connectivity index (χ3n) is 6.43. The normalized spacial score (nSPS) is 11.2. The second-order valence-corrected chi connectivity index (χ2v) is 8.29. The fourth-order valence-corrected chi connectivity index (χ4v) is 4.81. The summed E-state index contributed by atoms with van der Waals surface area (Å²) in [6.45, 7) is 0. The van der Waals surface area contributed by atoms with Crippen molar-refractivity contribution in [2.75, 3.05) is 11.9 Å². The predicted octanol–water partition coefficient (Wildman–Crippen LogP) is 7.84. The second kappa shape index (κ2) is 9.18. The van der Waals surface area contributed by atoms with Gasteiger partial charge in [0.2, 0.25) is 0 Å². The van der Waals surface area contributed by atoms with Gasteiger partial charge in [-0.25, -0.2) is 0 Å². The Morgan fingerprint density at radius 2 is 0.758 bits per heavy atom. The van der Waals surface area contributed by atoms with Crippen molar-refractivity contribution in [2.24, 2.45) is 0 Å². The third-order valence-corrected chi connectivity index (χ3v) is 6.43. The molecule has 0 saturated carbocycles. The van der Waals surface area contributed by atoms with Gasteiger partial charge >= 0.3 is 0 Å². The first kappa shape index (κ1) is 20.8. The zero-order valence-corrected chi connectivity index (χ0v) is 18.8. The lowest BCUT2D eigenvalue weighted by Crippen LogP contribution is -2.31. The summed E-state index contributed by atoms with van der Waals surface area (Å²) in [4.78, 5) is 2.25. The number of hydrogen-bond acceptors (Lipinski definition) is 1. The smallest absolute Gasteiger partial charge is 0.0702 e. The standard InChI is InChI=1S/C32H27N/c1-33(30-22-12-5-13-23-30)31-24-14-21-29(25-31)32(26-15-6-2-7-16-26,27-17-8-3-9-18-27)28-19-10-4-11-20-28/h2-25H,1H3. The molecule has 160 valence electrons. The highest BCUT2D eigenvalue weighted by Gasteiger charge is 2.38. The molecule has 0 atom stereocenters. The lowest BCUT2D eigenvalue weighted by atomic mass is 9.65. The maximum Gasteiger partial charge on any atom is 0.0702 e. The fraction of sp³-hybridized carbons (Fsp3) is 0.0625. The number of anilines is 2. The van der Waals surface area contributed by atoms with Gasteiger partial charge in [-0.3, -0.25) is 0 Å². The molecule has 0 heterocycles. The van der Waals surface area contributed by atoms with Gasteiger partial charge in [-0.15, -0.1) is 0 Å². The monoisotopic (exact) mass is 425 g/mol. The van der Waals surface area contributed by atoms with Gasteiger partial charge in [0.15, 0.2) is 0 Å². The van der Waals surface area contributed by atoms with E-state index in [-0.39, 0.29) is 0 Å². The Bertz CT molecular complexity index is 1200. The van der Waals surface area contributed by atoms with Crippen molar-refractivity contribution in [3.63, 3.8) is 0 Å². The van der Waals surface area contributed by atoms with Crippen LogP contribution in [0.15, 0.2) is 146 Å². The molecule has 0 aliphatic heterocycles. The van der Waals surface area contributed by atoms with Crippen LogP contribution in [0.2, 0.25) is 0 Å². The van der Waals surface area contributed by atoms with Crippen LogP contribution in [0.5, 0.6) is 0 Å². The molecule has 5 aromatic carbocycles. The van der Waals surface area contributed by atoms with Gasteiger partial charge in [0.05, 0.1) is 5.41 Å². The molecule has 0 aromatic heterocycles. The Hall–Kier alpha value is -4.10. The minimum atomic E-state index is -0.433. The molecule has 33 heavy (non-hydrogen) atoms. The van der Waals surface area contributed by atoms with Crippen LogP contribution in [-0.4, -0.2) is 7.05 Å². The summed E-state index contributed by atoms with van der Waals surface area (Å²) in [5.41, 5.74) is 6.89. The van der Waals surface area contributed by atoms with Crippen LogP contribution >= 0.6 is 0 Å². The first-order chi connectivity index (χ1) is 16.3. The first-order valence-corrected chi connectivity index (χ1v) is 11.4. The van der Waals surface area contributed by atoms with Crippen LogP contribution in [0.1, 0.15) is 22.3 Å². The lowest BCUT2D eigenvalue weighted by molar-refractivity contribution is 0.745. The molecule has 0 spiro atoms. The van der Waals surface area contributed by atoms with E-state index in [4.69, 9.17) is 0 Å². The largest absolute Gasteiger partial charge is 0.345 e. The maximum absolute atomic E-state index is 2.33. The van der Waals surface area contributed by atoms with E-state index in [9.17, 15) is 0 Å². The summed E-state index contributed by atoms with van der Waals surface area (Å²) in [6.07, 6.45) is 0. The SMILES string of the molecule is CN(c1ccccc1)c1cccc(C(c2ccccc2)(c2ccccc2)c2ccccc2)c1. The van der Waals surface area contributed by atoms with E-state index >= 15 is 0 Å². The quantitative estimate of drug-likeness (QED) is 0.251. The fourth-order valence-electron chi connectivity index (χ4n) is 4.81. The van der Waals surface area contributed by atoms with Crippen LogP contribution in [0.4, 0.5) is 11.4 Å². The highest BCUT2D eigenvalue weighted by atomic mass is 15.1. The number of rotatable bonds is 6. The van der Waals surface area contributed by atoms with E-state index in [0.29, 0.717) is 0 Å². The average Bonchev–Trinajstić information content (AvgIpc) is 2.91. The molecule has 0 aliphatic rings. The average molecular weight is 426 g/mol. The van der Waals surface area contributed by atoms with Gasteiger partial charge < -0.3 is 4.90 Å². The molecule has 0 N–H and O–H groups in total. The molecular formula is C32H27N.